The highest BCUT2D eigenvalue weighted by Crippen LogP contribution is 2.31. The molecule has 1 N–H and O–H groups in total. The maximum absolute atomic E-state index is 13.7. The van der Waals surface area contributed by atoms with Crippen LogP contribution in [0.5, 0.6) is 0 Å². The van der Waals surface area contributed by atoms with Crippen LogP contribution in [0.1, 0.15) is 86.6 Å². The number of hydrogen-bond acceptors (Lipinski definition) is 3. The number of nitrogens with zero attached hydrogens (tertiary/aromatic N) is 2. The van der Waals surface area contributed by atoms with Crippen molar-refractivity contribution in [3.63, 3.8) is 0 Å². The first-order valence-corrected chi connectivity index (χ1v) is 13.2. The molecule has 2 amide bonds. The Morgan fingerprint density at radius 1 is 0.829 bits per heavy atom. The molecule has 0 radical (unpaired) electrons. The highest BCUT2D eigenvalue weighted by molar-refractivity contribution is 6.06. The lowest BCUT2D eigenvalue weighted by Gasteiger charge is -2.35. The van der Waals surface area contributed by atoms with E-state index >= 15 is 0 Å². The Bertz CT molecular complexity index is 1040. The molecule has 0 bridgehead atoms. The average molecular weight is 476 g/mol. The van der Waals surface area contributed by atoms with E-state index in [9.17, 15) is 9.59 Å². The van der Waals surface area contributed by atoms with Gasteiger partial charge in [-0.25, -0.2) is 0 Å². The van der Waals surface area contributed by atoms with Crippen LogP contribution in [0.3, 0.4) is 0 Å². The Kier molecular flexibility index (Phi) is 7.53. The molecule has 0 atom stereocenters. The van der Waals surface area contributed by atoms with Crippen LogP contribution in [-0.4, -0.2) is 42.9 Å². The van der Waals surface area contributed by atoms with E-state index < -0.39 is 0 Å². The number of benzene rings is 2. The summed E-state index contributed by atoms with van der Waals surface area (Å²) >= 11 is 0. The van der Waals surface area contributed by atoms with Crippen LogP contribution in [0.2, 0.25) is 0 Å². The van der Waals surface area contributed by atoms with Gasteiger partial charge < -0.3 is 15.1 Å². The van der Waals surface area contributed by atoms with Gasteiger partial charge in [-0.05, 0) is 78.8 Å². The van der Waals surface area contributed by atoms with Crippen molar-refractivity contribution in [2.45, 2.75) is 65.7 Å². The third-order valence-electron chi connectivity index (χ3n) is 7.69. The van der Waals surface area contributed by atoms with Crippen LogP contribution in [-0.2, 0) is 5.41 Å². The maximum Gasteiger partial charge on any atom is 0.256 e. The molecule has 2 aliphatic rings. The second-order valence-electron chi connectivity index (χ2n) is 11.7. The van der Waals surface area contributed by atoms with Crippen molar-refractivity contribution in [3.8, 4) is 0 Å². The normalized spacial score (nSPS) is 18.0. The number of hydrogen-bond donors (Lipinski definition) is 1. The zero-order valence-corrected chi connectivity index (χ0v) is 22.1. The van der Waals surface area contributed by atoms with Crippen molar-refractivity contribution in [2.75, 3.05) is 36.4 Å². The summed E-state index contributed by atoms with van der Waals surface area (Å²) in [6, 6.07) is 13.6. The highest BCUT2D eigenvalue weighted by atomic mass is 16.2. The molecule has 0 unspecified atom stereocenters. The monoisotopic (exact) mass is 475 g/mol. The molecule has 188 valence electrons. The van der Waals surface area contributed by atoms with E-state index in [2.05, 4.69) is 44.8 Å². The van der Waals surface area contributed by atoms with Gasteiger partial charge in [0.1, 0.15) is 0 Å². The Labute approximate surface area is 210 Å². The SMILES string of the molecule is CC1CCN(C(=O)c2cc(NC(=O)c3ccc(C(C)(C)C)cc3)ccc2N2CCC(C)CC2)CC1. The van der Waals surface area contributed by atoms with Crippen LogP contribution in [0.4, 0.5) is 11.4 Å². The van der Waals surface area contributed by atoms with Crippen molar-refractivity contribution in [3.05, 3.63) is 59.2 Å². The molecule has 0 aliphatic carbocycles. The van der Waals surface area contributed by atoms with Crippen molar-refractivity contribution < 1.29 is 9.59 Å². The number of rotatable bonds is 4. The molecule has 2 saturated heterocycles. The van der Waals surface area contributed by atoms with Crippen molar-refractivity contribution in [1.29, 1.82) is 0 Å². The van der Waals surface area contributed by atoms with Gasteiger partial charge in [0.2, 0.25) is 0 Å². The minimum absolute atomic E-state index is 0.0403. The third-order valence-corrected chi connectivity index (χ3v) is 7.69. The molecule has 0 spiro atoms. The second kappa shape index (κ2) is 10.4. The smallest absolute Gasteiger partial charge is 0.256 e. The summed E-state index contributed by atoms with van der Waals surface area (Å²) in [6.45, 7) is 14.6. The minimum atomic E-state index is -0.157. The minimum Gasteiger partial charge on any atom is -0.371 e. The fourth-order valence-electron chi connectivity index (χ4n) is 5.02. The molecule has 0 saturated carbocycles. The molecule has 35 heavy (non-hydrogen) atoms. The molecule has 2 aliphatic heterocycles. The number of nitrogens with one attached hydrogen (secondary N) is 1. The number of carbonyl (C=O) groups excluding carboxylic acids is 2. The summed E-state index contributed by atoms with van der Waals surface area (Å²) in [5.41, 5.74) is 4.21. The maximum atomic E-state index is 13.7. The standard InChI is InChI=1S/C30H41N3O2/c1-21-12-16-32(17-13-21)27-11-10-25(20-26(27)29(35)33-18-14-22(2)15-19-33)31-28(34)23-6-8-24(9-7-23)30(3,4)5/h6-11,20-22H,12-19H2,1-5H3,(H,31,34). The lowest BCUT2D eigenvalue weighted by molar-refractivity contribution is 0.0697. The largest absolute Gasteiger partial charge is 0.371 e. The Morgan fingerprint density at radius 3 is 1.97 bits per heavy atom. The summed E-state index contributed by atoms with van der Waals surface area (Å²) in [6.07, 6.45) is 4.36. The van der Waals surface area contributed by atoms with Gasteiger partial charge in [0, 0.05) is 43.1 Å². The predicted molar refractivity (Wildman–Crippen MR) is 144 cm³/mol. The van der Waals surface area contributed by atoms with Gasteiger partial charge in [-0.1, -0.05) is 46.8 Å². The quantitative estimate of drug-likeness (QED) is 0.561. The first-order valence-electron chi connectivity index (χ1n) is 13.2. The molecule has 5 nitrogen and oxygen atoms in total. The number of piperidine rings is 2. The lowest BCUT2D eigenvalue weighted by Crippen LogP contribution is -2.40. The molecule has 5 heteroatoms. The molecule has 4 rings (SSSR count). The van der Waals surface area contributed by atoms with Crippen LogP contribution in [0.25, 0.3) is 0 Å². The zero-order chi connectivity index (χ0) is 25.2. The lowest BCUT2D eigenvalue weighted by atomic mass is 9.87. The molecular weight excluding hydrogens is 434 g/mol. The van der Waals surface area contributed by atoms with Gasteiger partial charge in [-0.3, -0.25) is 9.59 Å². The first-order chi connectivity index (χ1) is 16.6. The van der Waals surface area contributed by atoms with E-state index in [0.29, 0.717) is 22.7 Å². The zero-order valence-electron chi connectivity index (χ0n) is 22.1. The first kappa shape index (κ1) is 25.3. The molecular formula is C30H41N3O2. The number of likely N-dealkylation sites (tertiary alicyclic amines) is 1. The van der Waals surface area contributed by atoms with E-state index in [1.54, 1.807) is 0 Å². The van der Waals surface area contributed by atoms with Gasteiger partial charge >= 0.3 is 0 Å². The van der Waals surface area contributed by atoms with Crippen LogP contribution >= 0.6 is 0 Å². The Morgan fingerprint density at radius 2 is 1.40 bits per heavy atom. The molecule has 2 aromatic carbocycles. The average Bonchev–Trinajstić information content (AvgIpc) is 2.84. The number of carbonyl (C=O) groups is 2. The highest BCUT2D eigenvalue weighted by Gasteiger charge is 2.27. The van der Waals surface area contributed by atoms with Crippen LogP contribution in [0.15, 0.2) is 42.5 Å². The van der Waals surface area contributed by atoms with Crippen molar-refractivity contribution in [1.82, 2.24) is 4.90 Å². The second-order valence-corrected chi connectivity index (χ2v) is 11.7. The van der Waals surface area contributed by atoms with Gasteiger partial charge in [0.05, 0.1) is 5.56 Å². The summed E-state index contributed by atoms with van der Waals surface area (Å²) in [4.78, 5) is 31.0. The molecule has 0 aromatic heterocycles. The Balaban J connectivity index is 1.57. The van der Waals surface area contributed by atoms with E-state index in [4.69, 9.17) is 0 Å². The third kappa shape index (κ3) is 6.06. The number of anilines is 2. The summed E-state index contributed by atoms with van der Waals surface area (Å²) in [5, 5.41) is 3.03. The van der Waals surface area contributed by atoms with E-state index in [-0.39, 0.29) is 17.2 Å². The summed E-state index contributed by atoms with van der Waals surface area (Å²) in [5.74, 6) is 1.31. The predicted octanol–water partition coefficient (Wildman–Crippen LogP) is 6.34. The molecule has 2 aromatic rings. The topological polar surface area (TPSA) is 52.7 Å². The molecule has 2 fully saturated rings. The van der Waals surface area contributed by atoms with Crippen LogP contribution in [0, 0.1) is 11.8 Å². The van der Waals surface area contributed by atoms with E-state index in [1.807, 2.05) is 47.4 Å². The van der Waals surface area contributed by atoms with E-state index in [1.165, 1.54) is 5.56 Å². The fraction of sp³-hybridized carbons (Fsp3) is 0.533. The van der Waals surface area contributed by atoms with Crippen molar-refractivity contribution >= 4 is 23.2 Å². The van der Waals surface area contributed by atoms with Gasteiger partial charge in [0.15, 0.2) is 0 Å². The summed E-state index contributed by atoms with van der Waals surface area (Å²) < 4.78 is 0. The molecule has 2 heterocycles. The van der Waals surface area contributed by atoms with Gasteiger partial charge in [-0.15, -0.1) is 0 Å². The van der Waals surface area contributed by atoms with Crippen LogP contribution < -0.4 is 10.2 Å². The Hall–Kier alpha value is -2.82. The van der Waals surface area contributed by atoms with Gasteiger partial charge in [0.25, 0.3) is 11.8 Å². The fourth-order valence-corrected chi connectivity index (χ4v) is 5.02. The summed E-state index contributed by atoms with van der Waals surface area (Å²) in [7, 11) is 0. The van der Waals surface area contributed by atoms with E-state index in [0.717, 1.165) is 63.5 Å². The van der Waals surface area contributed by atoms with Gasteiger partial charge in [-0.2, -0.15) is 0 Å². The van der Waals surface area contributed by atoms with Crippen molar-refractivity contribution in [2.24, 2.45) is 11.8 Å². The number of amides is 2.